The van der Waals surface area contributed by atoms with Gasteiger partial charge in [0.2, 0.25) is 0 Å². The number of fused-ring (bicyclic) bond motifs is 1. The van der Waals surface area contributed by atoms with Crippen LogP contribution in [0.1, 0.15) is 51.6 Å². The number of β-amino-alcohol motifs (C(OH)–C–C–N with tert-alkyl or cyclic N) is 1. The highest BCUT2D eigenvalue weighted by Gasteiger charge is 2.34. The van der Waals surface area contributed by atoms with Gasteiger partial charge in [0.25, 0.3) is 5.91 Å². The first-order chi connectivity index (χ1) is 11.3. The smallest absolute Gasteiger partial charge is 0.257 e. The van der Waals surface area contributed by atoms with Crippen LogP contribution in [0.15, 0.2) is 30.5 Å². The Labute approximate surface area is 139 Å². The third-order valence-electron chi connectivity index (χ3n) is 4.63. The minimum Gasteiger partial charge on any atom is -0.395 e. The van der Waals surface area contributed by atoms with Gasteiger partial charge in [-0.05, 0) is 25.0 Å². The molecule has 2 heterocycles. The van der Waals surface area contributed by atoms with E-state index in [-0.39, 0.29) is 18.7 Å². The van der Waals surface area contributed by atoms with Crippen LogP contribution in [0.4, 0.5) is 5.69 Å². The molecule has 1 aliphatic heterocycles. The van der Waals surface area contributed by atoms with Gasteiger partial charge in [0.1, 0.15) is 6.17 Å². The molecule has 1 saturated carbocycles. The number of aliphatic hydroxyl groups excluding tert-OH is 1. The van der Waals surface area contributed by atoms with Crippen LogP contribution in [0.2, 0.25) is 0 Å². The number of benzene rings is 1. The van der Waals surface area contributed by atoms with Gasteiger partial charge in [0.05, 0.1) is 22.1 Å². The van der Waals surface area contributed by atoms with E-state index in [0.29, 0.717) is 18.0 Å². The number of amides is 1. The van der Waals surface area contributed by atoms with E-state index < -0.39 is 0 Å². The molecule has 1 aromatic heterocycles. The third-order valence-corrected chi connectivity index (χ3v) is 5.84. The molecule has 1 aliphatic carbocycles. The predicted molar refractivity (Wildman–Crippen MR) is 89.6 cm³/mol. The maximum atomic E-state index is 12.8. The van der Waals surface area contributed by atoms with Crippen molar-refractivity contribution in [2.24, 2.45) is 0 Å². The van der Waals surface area contributed by atoms with Gasteiger partial charge in [-0.25, -0.2) is 4.98 Å². The summed E-state index contributed by atoms with van der Waals surface area (Å²) in [5, 5.41) is 14.0. The fourth-order valence-corrected chi connectivity index (χ4v) is 4.28. The second kappa shape index (κ2) is 5.94. The average molecular weight is 329 g/mol. The molecule has 0 unspecified atom stereocenters. The van der Waals surface area contributed by atoms with Crippen molar-refractivity contribution in [3.8, 4) is 0 Å². The summed E-state index contributed by atoms with van der Waals surface area (Å²) < 4.78 is 0. The van der Waals surface area contributed by atoms with Crippen molar-refractivity contribution in [2.45, 2.75) is 31.3 Å². The molecule has 2 aliphatic rings. The number of nitrogens with zero attached hydrogens (tertiary/aromatic N) is 2. The van der Waals surface area contributed by atoms with Gasteiger partial charge in [-0.15, -0.1) is 11.3 Å². The summed E-state index contributed by atoms with van der Waals surface area (Å²) in [6, 6.07) is 7.52. The highest BCUT2D eigenvalue weighted by atomic mass is 32.1. The lowest BCUT2D eigenvalue weighted by molar-refractivity contribution is 0.0644. The number of hydrogen-bond acceptors (Lipinski definition) is 5. The Hall–Kier alpha value is -1.92. The lowest BCUT2D eigenvalue weighted by atomic mass is 9.86. The molecular formula is C17H19N3O2S. The zero-order valence-electron chi connectivity index (χ0n) is 12.7. The van der Waals surface area contributed by atoms with E-state index in [4.69, 9.17) is 0 Å². The molecule has 6 heteroatoms. The van der Waals surface area contributed by atoms with Gasteiger partial charge in [-0.2, -0.15) is 0 Å². The Morgan fingerprint density at radius 3 is 2.91 bits per heavy atom. The number of hydrogen-bond donors (Lipinski definition) is 2. The molecule has 1 amide bonds. The minimum atomic E-state index is -0.254. The van der Waals surface area contributed by atoms with Gasteiger partial charge in [-0.3, -0.25) is 4.79 Å². The first-order valence-electron chi connectivity index (χ1n) is 8.01. The van der Waals surface area contributed by atoms with Crippen LogP contribution in [0.5, 0.6) is 0 Å². The topological polar surface area (TPSA) is 65.5 Å². The summed E-state index contributed by atoms with van der Waals surface area (Å²) >= 11 is 1.68. The fourth-order valence-electron chi connectivity index (χ4n) is 3.13. The second-order valence-corrected chi connectivity index (χ2v) is 7.14. The lowest BCUT2D eigenvalue weighted by Gasteiger charge is -2.36. The normalized spacial score (nSPS) is 20.8. The van der Waals surface area contributed by atoms with E-state index in [1.165, 1.54) is 24.3 Å². The van der Waals surface area contributed by atoms with E-state index in [9.17, 15) is 9.90 Å². The van der Waals surface area contributed by atoms with E-state index in [0.717, 1.165) is 10.6 Å². The zero-order chi connectivity index (χ0) is 15.8. The summed E-state index contributed by atoms with van der Waals surface area (Å²) in [6.07, 6.45) is 5.34. The van der Waals surface area contributed by atoms with E-state index in [1.54, 1.807) is 16.2 Å². The number of para-hydroxylation sites is 1. The molecule has 2 aromatic rings. The van der Waals surface area contributed by atoms with Crippen LogP contribution >= 0.6 is 11.3 Å². The molecule has 1 aromatic carbocycles. The monoisotopic (exact) mass is 329 g/mol. The molecule has 0 spiro atoms. The number of aromatic nitrogens is 1. The molecule has 1 fully saturated rings. The molecule has 2 N–H and O–H groups in total. The largest absolute Gasteiger partial charge is 0.395 e. The van der Waals surface area contributed by atoms with Crippen LogP contribution in [-0.4, -0.2) is 34.0 Å². The Morgan fingerprint density at radius 2 is 2.17 bits per heavy atom. The highest BCUT2D eigenvalue weighted by Crippen LogP contribution is 2.41. The fraction of sp³-hybridized carbons (Fsp3) is 0.412. The first-order valence-corrected chi connectivity index (χ1v) is 8.82. The minimum absolute atomic E-state index is 0.0444. The number of aliphatic hydroxyl groups is 1. The SMILES string of the molecule is O=C1c2ccccc2N[C@H](c2cnc(C3CCC3)s2)N1CCO. The van der Waals surface area contributed by atoms with Crippen LogP contribution in [0.3, 0.4) is 0 Å². The van der Waals surface area contributed by atoms with Crippen LogP contribution in [0, 0.1) is 0 Å². The van der Waals surface area contributed by atoms with Crippen molar-refractivity contribution in [1.82, 2.24) is 9.88 Å². The predicted octanol–water partition coefficient (Wildman–Crippen LogP) is 2.97. The Morgan fingerprint density at radius 1 is 1.35 bits per heavy atom. The third kappa shape index (κ3) is 2.52. The summed E-state index contributed by atoms with van der Waals surface area (Å²) in [5.74, 6) is 0.545. The quantitative estimate of drug-likeness (QED) is 0.905. The number of carbonyl (C=O) groups is 1. The summed E-state index contributed by atoms with van der Waals surface area (Å²) in [4.78, 5) is 20.1. The molecule has 120 valence electrons. The maximum absolute atomic E-state index is 12.8. The number of nitrogens with one attached hydrogen (secondary N) is 1. The molecular weight excluding hydrogens is 310 g/mol. The number of anilines is 1. The molecule has 0 saturated heterocycles. The van der Waals surface area contributed by atoms with Crippen molar-refractivity contribution >= 4 is 22.9 Å². The van der Waals surface area contributed by atoms with Crippen molar-refractivity contribution in [2.75, 3.05) is 18.5 Å². The van der Waals surface area contributed by atoms with Gasteiger partial charge >= 0.3 is 0 Å². The Kier molecular flexibility index (Phi) is 3.79. The summed E-state index contributed by atoms with van der Waals surface area (Å²) in [6.45, 7) is 0.252. The van der Waals surface area contributed by atoms with E-state index in [1.807, 2.05) is 30.5 Å². The van der Waals surface area contributed by atoms with Gasteiger partial charge < -0.3 is 15.3 Å². The summed E-state index contributed by atoms with van der Waals surface area (Å²) in [7, 11) is 0. The second-order valence-electron chi connectivity index (χ2n) is 6.04. The first kappa shape index (κ1) is 14.7. The van der Waals surface area contributed by atoms with E-state index in [2.05, 4.69) is 10.3 Å². The van der Waals surface area contributed by atoms with Gasteiger partial charge in [-0.1, -0.05) is 18.6 Å². The van der Waals surface area contributed by atoms with Crippen LogP contribution in [0.25, 0.3) is 0 Å². The molecule has 0 bridgehead atoms. The molecule has 5 nitrogen and oxygen atoms in total. The lowest BCUT2D eigenvalue weighted by Crippen LogP contribution is -2.44. The molecule has 23 heavy (non-hydrogen) atoms. The van der Waals surface area contributed by atoms with Gasteiger partial charge in [0, 0.05) is 24.3 Å². The molecule has 1 atom stereocenters. The Balaban J connectivity index is 1.68. The molecule has 4 rings (SSSR count). The van der Waals surface area contributed by atoms with Crippen molar-refractivity contribution in [3.05, 3.63) is 45.9 Å². The standard InChI is InChI=1S/C17H19N3O2S/c21-9-8-20-15(14-10-18-16(23-14)11-4-3-5-11)19-13-7-2-1-6-12(13)17(20)22/h1-2,6-7,10-11,15,19,21H,3-5,8-9H2/t15-/m0/s1. The average Bonchev–Trinajstić information content (AvgIpc) is 2.97. The highest BCUT2D eigenvalue weighted by molar-refractivity contribution is 7.11. The molecule has 0 radical (unpaired) electrons. The number of rotatable bonds is 4. The van der Waals surface area contributed by atoms with Crippen molar-refractivity contribution in [1.29, 1.82) is 0 Å². The van der Waals surface area contributed by atoms with Crippen LogP contribution in [-0.2, 0) is 0 Å². The Bertz CT molecular complexity index is 726. The van der Waals surface area contributed by atoms with E-state index >= 15 is 0 Å². The van der Waals surface area contributed by atoms with Crippen LogP contribution < -0.4 is 5.32 Å². The zero-order valence-corrected chi connectivity index (χ0v) is 13.6. The number of thiazole rings is 1. The summed E-state index contributed by atoms with van der Waals surface area (Å²) in [5.41, 5.74) is 1.50. The van der Waals surface area contributed by atoms with Gasteiger partial charge in [0.15, 0.2) is 0 Å². The number of carbonyl (C=O) groups excluding carboxylic acids is 1. The van der Waals surface area contributed by atoms with Crippen molar-refractivity contribution in [3.63, 3.8) is 0 Å². The maximum Gasteiger partial charge on any atom is 0.257 e. The van der Waals surface area contributed by atoms with Crippen molar-refractivity contribution < 1.29 is 9.90 Å².